The van der Waals surface area contributed by atoms with E-state index in [-0.39, 0.29) is 29.9 Å². The molecule has 0 aliphatic carbocycles. The lowest BCUT2D eigenvalue weighted by Gasteiger charge is -2.23. The molecule has 1 N–H and O–H groups in total. The summed E-state index contributed by atoms with van der Waals surface area (Å²) >= 11 is 0. The van der Waals surface area contributed by atoms with Crippen molar-refractivity contribution < 1.29 is 27.8 Å². The van der Waals surface area contributed by atoms with Crippen molar-refractivity contribution in [1.29, 1.82) is 0 Å². The molecule has 1 aromatic carbocycles. The van der Waals surface area contributed by atoms with Gasteiger partial charge in [0.1, 0.15) is 5.75 Å². The number of alkyl halides is 3. The van der Waals surface area contributed by atoms with Crippen LogP contribution in [0.4, 0.5) is 13.2 Å². The number of ether oxygens (including phenoxy) is 1. The van der Waals surface area contributed by atoms with Crippen LogP contribution in [0, 0.1) is 0 Å². The fourth-order valence-electron chi connectivity index (χ4n) is 2.26. The van der Waals surface area contributed by atoms with E-state index in [0.29, 0.717) is 6.54 Å². The highest BCUT2D eigenvalue weighted by Gasteiger charge is 2.31. The number of hydrogen-bond acceptors (Lipinski definition) is 3. The quantitative estimate of drug-likeness (QED) is 0.928. The average Bonchev–Trinajstić information content (AvgIpc) is 2.85. The third-order valence-corrected chi connectivity index (χ3v) is 3.18. The first kappa shape index (κ1) is 14.6. The van der Waals surface area contributed by atoms with E-state index in [9.17, 15) is 18.0 Å². The summed E-state index contributed by atoms with van der Waals surface area (Å²) < 4.78 is 39.8. The fraction of sp³-hybridized carbons (Fsp3) is 0.462. The molecule has 0 spiro atoms. The maximum atomic E-state index is 12.2. The van der Waals surface area contributed by atoms with Crippen molar-refractivity contribution >= 4 is 5.91 Å². The molecule has 0 bridgehead atoms. The summed E-state index contributed by atoms with van der Waals surface area (Å²) in [4.78, 5) is 13.7. The highest BCUT2D eigenvalue weighted by molar-refractivity contribution is 5.94. The summed E-state index contributed by atoms with van der Waals surface area (Å²) in [6, 6.07) is 4.57. The van der Waals surface area contributed by atoms with Crippen LogP contribution in [0.2, 0.25) is 0 Å². The largest absolute Gasteiger partial charge is 0.573 e. The Labute approximate surface area is 113 Å². The molecule has 1 atom stereocenters. The summed E-state index contributed by atoms with van der Waals surface area (Å²) in [6.45, 7) is 0.436. The third kappa shape index (κ3) is 3.41. The zero-order valence-corrected chi connectivity index (χ0v) is 10.6. The topological polar surface area (TPSA) is 49.8 Å². The fourth-order valence-corrected chi connectivity index (χ4v) is 2.26. The highest BCUT2D eigenvalue weighted by atomic mass is 19.4. The molecule has 1 fully saturated rings. The summed E-state index contributed by atoms with van der Waals surface area (Å²) in [6.07, 6.45) is -3.20. The number of carbonyl (C=O) groups excluding carboxylic acids is 1. The van der Waals surface area contributed by atoms with Gasteiger partial charge < -0.3 is 14.7 Å². The van der Waals surface area contributed by atoms with E-state index >= 15 is 0 Å². The van der Waals surface area contributed by atoms with E-state index in [1.807, 2.05) is 0 Å². The van der Waals surface area contributed by atoms with Gasteiger partial charge in [-0.25, -0.2) is 0 Å². The smallest absolute Gasteiger partial charge is 0.406 e. The van der Waals surface area contributed by atoms with Crippen LogP contribution in [0.25, 0.3) is 0 Å². The van der Waals surface area contributed by atoms with Crippen molar-refractivity contribution in [3.05, 3.63) is 29.8 Å². The van der Waals surface area contributed by atoms with Gasteiger partial charge in [0.25, 0.3) is 5.91 Å². The predicted octanol–water partition coefficient (Wildman–Crippen LogP) is 2.18. The van der Waals surface area contributed by atoms with Gasteiger partial charge in [0.05, 0.1) is 12.6 Å². The van der Waals surface area contributed by atoms with Crippen molar-refractivity contribution in [3.63, 3.8) is 0 Å². The number of hydrogen-bond donors (Lipinski definition) is 1. The maximum Gasteiger partial charge on any atom is 0.573 e. The summed E-state index contributed by atoms with van der Waals surface area (Å²) in [7, 11) is 0. The van der Waals surface area contributed by atoms with Gasteiger partial charge >= 0.3 is 6.36 Å². The molecule has 0 saturated carbocycles. The van der Waals surface area contributed by atoms with Gasteiger partial charge in [-0.05, 0) is 37.1 Å². The van der Waals surface area contributed by atoms with Gasteiger partial charge in [0.15, 0.2) is 0 Å². The summed E-state index contributed by atoms with van der Waals surface area (Å²) in [5.74, 6) is -0.658. The Morgan fingerprint density at radius 3 is 2.55 bits per heavy atom. The van der Waals surface area contributed by atoms with E-state index in [1.54, 1.807) is 4.90 Å². The molecule has 1 aliphatic rings. The van der Waals surface area contributed by atoms with Gasteiger partial charge in [-0.1, -0.05) is 0 Å². The van der Waals surface area contributed by atoms with Crippen LogP contribution in [0.1, 0.15) is 23.2 Å². The molecule has 0 radical (unpaired) electrons. The molecule has 20 heavy (non-hydrogen) atoms. The number of rotatable bonds is 3. The Morgan fingerprint density at radius 2 is 2.00 bits per heavy atom. The molecule has 0 unspecified atom stereocenters. The van der Waals surface area contributed by atoms with E-state index in [2.05, 4.69) is 4.74 Å². The molecule has 1 saturated heterocycles. The number of aliphatic hydroxyl groups is 1. The average molecular weight is 289 g/mol. The minimum absolute atomic E-state index is 0.110. The van der Waals surface area contributed by atoms with Crippen LogP contribution in [-0.2, 0) is 0 Å². The molecule has 0 aromatic heterocycles. The van der Waals surface area contributed by atoms with Crippen LogP contribution in [0.5, 0.6) is 5.75 Å². The van der Waals surface area contributed by atoms with Crippen LogP contribution in [-0.4, -0.2) is 41.5 Å². The number of likely N-dealkylation sites (tertiary alicyclic amines) is 1. The summed E-state index contributed by atoms with van der Waals surface area (Å²) in [5.41, 5.74) is 0.278. The second-order valence-electron chi connectivity index (χ2n) is 4.55. The first-order valence-corrected chi connectivity index (χ1v) is 6.18. The van der Waals surface area contributed by atoms with Gasteiger partial charge in [0, 0.05) is 12.1 Å². The second-order valence-corrected chi connectivity index (χ2v) is 4.55. The minimum atomic E-state index is -4.75. The number of benzene rings is 1. The lowest BCUT2D eigenvalue weighted by Crippen LogP contribution is -2.37. The van der Waals surface area contributed by atoms with E-state index < -0.39 is 6.36 Å². The Bertz CT molecular complexity index is 473. The molecule has 1 aliphatic heterocycles. The van der Waals surface area contributed by atoms with Crippen molar-refractivity contribution in [2.45, 2.75) is 25.2 Å². The molecular formula is C13H14F3NO3. The molecule has 110 valence electrons. The van der Waals surface area contributed by atoms with Gasteiger partial charge in [-0.3, -0.25) is 4.79 Å². The number of halogens is 3. The van der Waals surface area contributed by atoms with Gasteiger partial charge in [-0.2, -0.15) is 0 Å². The molecule has 2 rings (SSSR count). The molecule has 1 aromatic rings. The van der Waals surface area contributed by atoms with Crippen LogP contribution in [0.15, 0.2) is 24.3 Å². The summed E-state index contributed by atoms with van der Waals surface area (Å²) in [5, 5.41) is 9.17. The predicted molar refractivity (Wildman–Crippen MR) is 64.3 cm³/mol. The Morgan fingerprint density at radius 1 is 1.35 bits per heavy atom. The Balaban J connectivity index is 2.08. The molecule has 1 amide bonds. The number of carbonyl (C=O) groups is 1. The van der Waals surface area contributed by atoms with Crippen molar-refractivity contribution in [1.82, 2.24) is 4.90 Å². The SMILES string of the molecule is O=C(c1ccc(OC(F)(F)F)cc1)N1CCC[C@@H]1CO. The second kappa shape index (κ2) is 5.70. The molecule has 1 heterocycles. The van der Waals surface area contributed by atoms with Crippen molar-refractivity contribution in [2.24, 2.45) is 0 Å². The van der Waals surface area contributed by atoms with Crippen LogP contribution >= 0.6 is 0 Å². The monoisotopic (exact) mass is 289 g/mol. The van der Waals surface area contributed by atoms with Crippen LogP contribution < -0.4 is 4.74 Å². The standard InChI is InChI=1S/C13H14F3NO3/c14-13(15,16)20-11-5-3-9(4-6-11)12(19)17-7-1-2-10(17)8-18/h3-6,10,18H,1-2,7-8H2/t10-/m1/s1. The van der Waals surface area contributed by atoms with E-state index in [1.165, 1.54) is 12.1 Å². The Hall–Kier alpha value is -1.76. The first-order chi connectivity index (χ1) is 9.40. The van der Waals surface area contributed by atoms with E-state index in [4.69, 9.17) is 5.11 Å². The van der Waals surface area contributed by atoms with Gasteiger partial charge in [-0.15, -0.1) is 13.2 Å². The van der Waals surface area contributed by atoms with Gasteiger partial charge in [0.2, 0.25) is 0 Å². The number of aliphatic hydroxyl groups excluding tert-OH is 1. The van der Waals surface area contributed by atoms with Crippen LogP contribution in [0.3, 0.4) is 0 Å². The maximum absolute atomic E-state index is 12.2. The third-order valence-electron chi connectivity index (χ3n) is 3.18. The molecule has 7 heteroatoms. The number of amides is 1. The lowest BCUT2D eigenvalue weighted by molar-refractivity contribution is -0.274. The normalized spacial score (nSPS) is 19.2. The lowest BCUT2D eigenvalue weighted by atomic mass is 10.1. The Kier molecular flexibility index (Phi) is 4.17. The molecule has 4 nitrogen and oxygen atoms in total. The zero-order valence-electron chi connectivity index (χ0n) is 10.6. The van der Waals surface area contributed by atoms with Crippen molar-refractivity contribution in [3.8, 4) is 5.75 Å². The zero-order chi connectivity index (χ0) is 14.8. The molecular weight excluding hydrogens is 275 g/mol. The van der Waals surface area contributed by atoms with E-state index in [0.717, 1.165) is 25.0 Å². The highest BCUT2D eigenvalue weighted by Crippen LogP contribution is 2.24. The number of nitrogens with zero attached hydrogens (tertiary/aromatic N) is 1. The first-order valence-electron chi connectivity index (χ1n) is 6.18. The minimum Gasteiger partial charge on any atom is -0.406 e. The van der Waals surface area contributed by atoms with Crippen molar-refractivity contribution in [2.75, 3.05) is 13.2 Å².